The highest BCUT2D eigenvalue weighted by atomic mass is 35.5. The van der Waals surface area contributed by atoms with Gasteiger partial charge in [-0.3, -0.25) is 9.78 Å². The van der Waals surface area contributed by atoms with Gasteiger partial charge in [0.25, 0.3) is 0 Å². The van der Waals surface area contributed by atoms with Crippen molar-refractivity contribution in [3.8, 4) is 6.07 Å². The van der Waals surface area contributed by atoms with Crippen molar-refractivity contribution < 1.29 is 26.4 Å². The van der Waals surface area contributed by atoms with Gasteiger partial charge in [0.2, 0.25) is 0 Å². The molecular formula is C20H18ClF3N4O3S. The predicted octanol–water partition coefficient (Wildman–Crippen LogP) is 3.53. The van der Waals surface area contributed by atoms with E-state index in [9.17, 15) is 26.4 Å². The van der Waals surface area contributed by atoms with E-state index in [0.717, 1.165) is 18.5 Å². The zero-order valence-electron chi connectivity index (χ0n) is 16.6. The molecule has 3 N–H and O–H groups in total. The molecule has 0 amide bonds. The van der Waals surface area contributed by atoms with Crippen LogP contribution >= 0.6 is 12.4 Å². The second-order valence-corrected chi connectivity index (χ2v) is 8.97. The van der Waals surface area contributed by atoms with E-state index in [1.807, 2.05) is 6.07 Å². The molecule has 0 radical (unpaired) electrons. The number of anilines is 1. The number of benzene rings is 1. The first kappa shape index (κ1) is 25.3. The minimum absolute atomic E-state index is 0. The maximum Gasteiger partial charge on any atom is 0.433 e. The summed E-state index contributed by atoms with van der Waals surface area (Å²) in [4.78, 5) is 15.6. The first-order valence-corrected chi connectivity index (χ1v) is 10.9. The molecule has 12 heteroatoms. The standard InChI is InChI=1S/C20H17F3N4O3S.ClH/c1-31(29,30)16-8-11(10-24)2-3-13(16)19(25)18-14(4-5-15(18)28)27-12-6-7-26-17(9-12)20(21,22)23;/h2-3,6-9,19H,4-5,25H2,1H3,(H,26,27);1H. The highest BCUT2D eigenvalue weighted by Gasteiger charge is 2.34. The number of halogens is 4. The lowest BCUT2D eigenvalue weighted by atomic mass is 9.96. The molecule has 1 aromatic heterocycles. The van der Waals surface area contributed by atoms with Crippen molar-refractivity contribution in [2.24, 2.45) is 5.73 Å². The molecule has 0 aliphatic heterocycles. The zero-order valence-corrected chi connectivity index (χ0v) is 18.2. The largest absolute Gasteiger partial charge is 0.433 e. The lowest BCUT2D eigenvalue weighted by Gasteiger charge is -2.19. The van der Waals surface area contributed by atoms with Crippen LogP contribution in [0.2, 0.25) is 0 Å². The third-order valence-electron chi connectivity index (χ3n) is 4.76. The lowest BCUT2D eigenvalue weighted by Crippen LogP contribution is -2.21. The predicted molar refractivity (Wildman–Crippen MR) is 113 cm³/mol. The highest BCUT2D eigenvalue weighted by molar-refractivity contribution is 7.90. The summed E-state index contributed by atoms with van der Waals surface area (Å²) in [7, 11) is -3.78. The topological polar surface area (TPSA) is 126 Å². The van der Waals surface area contributed by atoms with Crippen LogP contribution in [0.4, 0.5) is 18.9 Å². The number of nitrogens with two attached hydrogens (primary N) is 1. The van der Waals surface area contributed by atoms with Gasteiger partial charge >= 0.3 is 6.18 Å². The van der Waals surface area contributed by atoms with Crippen LogP contribution < -0.4 is 11.1 Å². The van der Waals surface area contributed by atoms with Crippen LogP contribution in [0, 0.1) is 11.3 Å². The molecule has 3 rings (SSSR count). The summed E-state index contributed by atoms with van der Waals surface area (Å²) >= 11 is 0. The normalized spacial score (nSPS) is 15.2. The number of nitrogens with zero attached hydrogens (tertiary/aromatic N) is 2. The van der Waals surface area contributed by atoms with E-state index in [2.05, 4.69) is 10.3 Å². The van der Waals surface area contributed by atoms with Crippen molar-refractivity contribution in [2.45, 2.75) is 30.0 Å². The maximum absolute atomic E-state index is 12.9. The van der Waals surface area contributed by atoms with Crippen molar-refractivity contribution in [1.29, 1.82) is 5.26 Å². The quantitative estimate of drug-likeness (QED) is 0.662. The van der Waals surface area contributed by atoms with Gasteiger partial charge in [0.15, 0.2) is 15.6 Å². The van der Waals surface area contributed by atoms with Crippen molar-refractivity contribution in [3.05, 3.63) is 64.6 Å². The fraction of sp³-hybridized carbons (Fsp3) is 0.250. The van der Waals surface area contributed by atoms with Crippen LogP contribution in [0.25, 0.3) is 0 Å². The molecule has 0 spiro atoms. The second kappa shape index (κ2) is 9.28. The van der Waals surface area contributed by atoms with Crippen molar-refractivity contribution in [3.63, 3.8) is 0 Å². The Balaban J connectivity index is 0.00000363. The number of ketones is 1. The van der Waals surface area contributed by atoms with Crippen LogP contribution in [-0.4, -0.2) is 25.4 Å². The Hall–Kier alpha value is -2.94. The number of sulfone groups is 1. The van der Waals surface area contributed by atoms with Crippen molar-refractivity contribution in [2.75, 3.05) is 11.6 Å². The second-order valence-electron chi connectivity index (χ2n) is 6.98. The Morgan fingerprint density at radius 3 is 2.50 bits per heavy atom. The summed E-state index contributed by atoms with van der Waals surface area (Å²) in [5, 5.41) is 11.9. The number of nitriles is 1. The van der Waals surface area contributed by atoms with E-state index in [4.69, 9.17) is 11.0 Å². The molecule has 0 saturated heterocycles. The third-order valence-corrected chi connectivity index (χ3v) is 5.91. The Morgan fingerprint density at radius 1 is 1.22 bits per heavy atom. The molecule has 170 valence electrons. The van der Waals surface area contributed by atoms with E-state index in [1.165, 1.54) is 24.3 Å². The Morgan fingerprint density at radius 2 is 1.91 bits per heavy atom. The number of carbonyl (C=O) groups is 1. The Kier molecular flexibility index (Phi) is 7.34. The van der Waals surface area contributed by atoms with Gasteiger partial charge in [0, 0.05) is 35.8 Å². The van der Waals surface area contributed by atoms with Gasteiger partial charge in [-0.2, -0.15) is 18.4 Å². The number of pyridine rings is 1. The minimum atomic E-state index is -4.64. The monoisotopic (exact) mass is 486 g/mol. The number of nitrogens with one attached hydrogen (secondary N) is 1. The molecule has 1 unspecified atom stereocenters. The third kappa shape index (κ3) is 5.27. The van der Waals surface area contributed by atoms with Gasteiger partial charge in [-0.1, -0.05) is 6.07 Å². The molecule has 0 bridgehead atoms. The minimum Gasteiger partial charge on any atom is -0.358 e. The summed E-state index contributed by atoms with van der Waals surface area (Å²) in [6.07, 6.45) is -2.41. The molecule has 7 nitrogen and oxygen atoms in total. The number of carbonyl (C=O) groups excluding carboxylic acids is 1. The van der Waals surface area contributed by atoms with Crippen LogP contribution in [0.3, 0.4) is 0 Å². The molecule has 1 aromatic carbocycles. The van der Waals surface area contributed by atoms with E-state index in [1.54, 1.807) is 0 Å². The fourth-order valence-electron chi connectivity index (χ4n) is 3.34. The molecule has 0 fully saturated rings. The van der Waals surface area contributed by atoms with E-state index in [0.29, 0.717) is 5.70 Å². The summed E-state index contributed by atoms with van der Waals surface area (Å²) < 4.78 is 63.3. The van der Waals surface area contributed by atoms with Gasteiger partial charge in [-0.15, -0.1) is 12.4 Å². The number of Topliss-reactive ketones (excluding diaryl/α,β-unsaturated/α-hetero) is 1. The van der Waals surface area contributed by atoms with Gasteiger partial charge in [-0.25, -0.2) is 8.42 Å². The number of aromatic nitrogens is 1. The number of hydrogen-bond acceptors (Lipinski definition) is 7. The van der Waals surface area contributed by atoms with Crippen LogP contribution in [0.1, 0.15) is 35.7 Å². The molecule has 0 saturated carbocycles. The number of rotatable bonds is 5. The Labute approximate surface area is 188 Å². The van der Waals surface area contributed by atoms with Crippen molar-refractivity contribution in [1.82, 2.24) is 4.98 Å². The number of alkyl halides is 3. The van der Waals surface area contributed by atoms with Crippen LogP contribution in [0.5, 0.6) is 0 Å². The first-order chi connectivity index (χ1) is 14.4. The molecule has 1 aliphatic rings. The molecular weight excluding hydrogens is 469 g/mol. The first-order valence-electron chi connectivity index (χ1n) is 8.98. The number of allylic oxidation sites excluding steroid dienone is 1. The highest BCUT2D eigenvalue weighted by Crippen LogP contribution is 2.36. The van der Waals surface area contributed by atoms with E-state index >= 15 is 0 Å². The zero-order chi connectivity index (χ0) is 23.0. The van der Waals surface area contributed by atoms with Gasteiger partial charge in [0.05, 0.1) is 22.6 Å². The smallest absolute Gasteiger partial charge is 0.358 e. The average molecular weight is 487 g/mol. The average Bonchev–Trinajstić information content (AvgIpc) is 3.05. The maximum atomic E-state index is 12.9. The van der Waals surface area contributed by atoms with Gasteiger partial charge in [0.1, 0.15) is 5.69 Å². The molecule has 2 aromatic rings. The molecule has 1 atom stereocenters. The summed E-state index contributed by atoms with van der Waals surface area (Å²) in [5.41, 5.74) is 5.86. The van der Waals surface area contributed by atoms with Crippen LogP contribution in [0.15, 0.2) is 52.7 Å². The Bertz CT molecular complexity index is 1240. The lowest BCUT2D eigenvalue weighted by molar-refractivity contribution is -0.141. The van der Waals surface area contributed by atoms with Gasteiger partial charge < -0.3 is 11.1 Å². The summed E-state index contributed by atoms with van der Waals surface area (Å²) in [6, 6.07) is 6.75. The van der Waals surface area contributed by atoms with E-state index < -0.39 is 27.7 Å². The molecule has 1 heterocycles. The SMILES string of the molecule is CS(=O)(=O)c1cc(C#N)ccc1C(N)C1=C(Nc2ccnc(C(F)(F)F)c2)CCC1=O.Cl. The van der Waals surface area contributed by atoms with Gasteiger partial charge in [-0.05, 0) is 36.2 Å². The van der Waals surface area contributed by atoms with Crippen molar-refractivity contribution >= 4 is 33.7 Å². The van der Waals surface area contributed by atoms with Crippen LogP contribution in [-0.2, 0) is 20.8 Å². The summed E-state index contributed by atoms with van der Waals surface area (Å²) in [6.45, 7) is 0. The van der Waals surface area contributed by atoms with E-state index in [-0.39, 0.29) is 58.3 Å². The number of hydrogen-bond donors (Lipinski definition) is 2. The fourth-order valence-corrected chi connectivity index (χ4v) is 4.31. The summed E-state index contributed by atoms with van der Waals surface area (Å²) in [5.74, 6) is -0.344. The molecule has 1 aliphatic carbocycles. The molecule has 32 heavy (non-hydrogen) atoms.